The van der Waals surface area contributed by atoms with Crippen molar-refractivity contribution < 1.29 is 9.18 Å². The number of anilines is 1. The molecule has 6 heteroatoms. The van der Waals surface area contributed by atoms with E-state index >= 15 is 0 Å². The Balaban J connectivity index is 1.51. The third kappa shape index (κ3) is 3.87. The van der Waals surface area contributed by atoms with Gasteiger partial charge in [-0.3, -0.25) is 4.79 Å². The summed E-state index contributed by atoms with van der Waals surface area (Å²) < 4.78 is 15.5. The topological polar surface area (TPSA) is 46.9 Å². The van der Waals surface area contributed by atoms with Gasteiger partial charge in [0.1, 0.15) is 17.4 Å². The van der Waals surface area contributed by atoms with Gasteiger partial charge in [-0.15, -0.1) is 11.3 Å². The lowest BCUT2D eigenvalue weighted by molar-refractivity contribution is -0.116. The Kier molecular flexibility index (Phi) is 5.04. The normalized spacial score (nSPS) is 10.8. The maximum absolute atomic E-state index is 13.7. The van der Waals surface area contributed by atoms with Crippen LogP contribution in [0.3, 0.4) is 0 Å². The van der Waals surface area contributed by atoms with E-state index in [1.807, 2.05) is 58.6 Å². The summed E-state index contributed by atoms with van der Waals surface area (Å²) in [7, 11) is 0. The predicted octanol–water partition coefficient (Wildman–Crippen LogP) is 5.36. The Morgan fingerprint density at radius 2 is 1.96 bits per heavy atom. The Bertz CT molecular complexity index is 1120. The number of amides is 1. The Hall–Kier alpha value is -3.25. The minimum Gasteiger partial charge on any atom is -0.336 e. The van der Waals surface area contributed by atoms with Crippen LogP contribution in [0.5, 0.6) is 0 Å². The highest BCUT2D eigenvalue weighted by molar-refractivity contribution is 7.13. The van der Waals surface area contributed by atoms with Crippen LogP contribution in [0.25, 0.3) is 22.0 Å². The number of nitrogens with one attached hydrogen (secondary N) is 1. The molecule has 1 amide bonds. The summed E-state index contributed by atoms with van der Waals surface area (Å²) in [6.45, 7) is 1.81. The molecule has 0 spiro atoms. The van der Waals surface area contributed by atoms with Crippen LogP contribution in [0.4, 0.5) is 10.1 Å². The van der Waals surface area contributed by atoms with Crippen molar-refractivity contribution in [3.05, 3.63) is 83.6 Å². The van der Waals surface area contributed by atoms with Gasteiger partial charge in [-0.2, -0.15) is 0 Å². The second kappa shape index (κ2) is 7.78. The average Bonchev–Trinajstić information content (AvgIpc) is 3.34. The Morgan fingerprint density at radius 3 is 2.75 bits per heavy atom. The second-order valence-electron chi connectivity index (χ2n) is 6.44. The average molecular weight is 391 g/mol. The van der Waals surface area contributed by atoms with Crippen molar-refractivity contribution in [1.82, 2.24) is 9.55 Å². The van der Waals surface area contributed by atoms with Crippen molar-refractivity contribution >= 4 is 22.9 Å². The standard InChI is InChI=1S/C22H18FN3OS/c1-15-9-10-17(12-18(15)23)24-21(27)13-26-11-5-8-20(26)22-25-19(14-28-22)16-6-3-2-4-7-16/h2-12,14H,13H2,1H3,(H,24,27). The fourth-order valence-electron chi connectivity index (χ4n) is 2.90. The molecule has 0 atom stereocenters. The number of aromatic nitrogens is 2. The lowest BCUT2D eigenvalue weighted by Gasteiger charge is -2.09. The summed E-state index contributed by atoms with van der Waals surface area (Å²) >= 11 is 1.54. The molecule has 4 nitrogen and oxygen atoms in total. The van der Waals surface area contributed by atoms with Crippen LogP contribution in [0.2, 0.25) is 0 Å². The van der Waals surface area contributed by atoms with Crippen molar-refractivity contribution in [3.8, 4) is 22.0 Å². The number of rotatable bonds is 5. The first-order chi connectivity index (χ1) is 13.6. The van der Waals surface area contributed by atoms with E-state index < -0.39 is 0 Å². The molecule has 1 N–H and O–H groups in total. The molecule has 0 aliphatic heterocycles. The molecule has 0 unspecified atom stereocenters. The smallest absolute Gasteiger partial charge is 0.244 e. The summed E-state index contributed by atoms with van der Waals surface area (Å²) in [6.07, 6.45) is 1.84. The van der Waals surface area contributed by atoms with E-state index in [1.54, 1.807) is 19.1 Å². The Labute approximate surface area is 166 Å². The van der Waals surface area contributed by atoms with Gasteiger partial charge in [0, 0.05) is 22.8 Å². The zero-order valence-corrected chi connectivity index (χ0v) is 16.0. The van der Waals surface area contributed by atoms with E-state index in [0.717, 1.165) is 22.0 Å². The summed E-state index contributed by atoms with van der Waals surface area (Å²) in [4.78, 5) is 17.1. The number of hydrogen-bond donors (Lipinski definition) is 1. The molecule has 0 aliphatic carbocycles. The first-order valence-electron chi connectivity index (χ1n) is 8.82. The quantitative estimate of drug-likeness (QED) is 0.497. The predicted molar refractivity (Wildman–Crippen MR) is 111 cm³/mol. The number of halogens is 1. The van der Waals surface area contributed by atoms with Gasteiger partial charge in [-0.25, -0.2) is 9.37 Å². The van der Waals surface area contributed by atoms with Crippen molar-refractivity contribution in [2.24, 2.45) is 0 Å². The minimum absolute atomic E-state index is 0.123. The van der Waals surface area contributed by atoms with E-state index in [1.165, 1.54) is 17.4 Å². The van der Waals surface area contributed by atoms with E-state index in [4.69, 9.17) is 4.98 Å². The number of nitrogens with zero attached hydrogens (tertiary/aromatic N) is 2. The van der Waals surface area contributed by atoms with Gasteiger partial charge in [-0.05, 0) is 36.8 Å². The maximum Gasteiger partial charge on any atom is 0.244 e. The van der Waals surface area contributed by atoms with E-state index in [9.17, 15) is 9.18 Å². The van der Waals surface area contributed by atoms with Crippen molar-refractivity contribution in [2.75, 3.05) is 5.32 Å². The van der Waals surface area contributed by atoms with Gasteiger partial charge >= 0.3 is 0 Å². The molecule has 2 aromatic heterocycles. The number of aryl methyl sites for hydroxylation is 1. The molecule has 0 bridgehead atoms. The molecule has 0 saturated heterocycles. The third-order valence-electron chi connectivity index (χ3n) is 4.39. The Morgan fingerprint density at radius 1 is 1.14 bits per heavy atom. The van der Waals surface area contributed by atoms with Crippen LogP contribution in [0.1, 0.15) is 5.56 Å². The first kappa shape index (κ1) is 18.1. The molecule has 2 heterocycles. The van der Waals surface area contributed by atoms with Gasteiger partial charge in [0.2, 0.25) is 5.91 Å². The zero-order valence-electron chi connectivity index (χ0n) is 15.2. The third-order valence-corrected chi connectivity index (χ3v) is 5.26. The highest BCUT2D eigenvalue weighted by Crippen LogP contribution is 2.29. The van der Waals surface area contributed by atoms with Crippen LogP contribution in [0, 0.1) is 12.7 Å². The molecular formula is C22H18FN3OS. The molecule has 140 valence electrons. The van der Waals surface area contributed by atoms with Gasteiger partial charge in [-0.1, -0.05) is 36.4 Å². The van der Waals surface area contributed by atoms with Crippen molar-refractivity contribution in [2.45, 2.75) is 13.5 Å². The number of hydrogen-bond acceptors (Lipinski definition) is 3. The molecule has 2 aromatic carbocycles. The lowest BCUT2D eigenvalue weighted by Crippen LogP contribution is -2.18. The first-order valence-corrected chi connectivity index (χ1v) is 9.70. The van der Waals surface area contributed by atoms with Gasteiger partial charge < -0.3 is 9.88 Å². The van der Waals surface area contributed by atoms with Gasteiger partial charge in [0.05, 0.1) is 11.4 Å². The minimum atomic E-state index is -0.337. The molecule has 0 fully saturated rings. The SMILES string of the molecule is Cc1ccc(NC(=O)Cn2cccc2-c2nc(-c3ccccc3)cs2)cc1F. The summed E-state index contributed by atoms with van der Waals surface area (Å²) in [5.41, 5.74) is 3.83. The second-order valence-corrected chi connectivity index (χ2v) is 7.30. The zero-order chi connectivity index (χ0) is 19.5. The van der Waals surface area contributed by atoms with Crippen molar-refractivity contribution in [3.63, 3.8) is 0 Å². The number of carbonyl (C=O) groups is 1. The van der Waals surface area contributed by atoms with Crippen LogP contribution in [0.15, 0.2) is 72.2 Å². The summed E-state index contributed by atoms with van der Waals surface area (Å²) in [5.74, 6) is -0.559. The van der Waals surface area contributed by atoms with Crippen LogP contribution < -0.4 is 5.32 Å². The highest BCUT2D eigenvalue weighted by Gasteiger charge is 2.13. The summed E-state index contributed by atoms with van der Waals surface area (Å²) in [5, 5.41) is 5.60. The van der Waals surface area contributed by atoms with Gasteiger partial charge in [0.25, 0.3) is 0 Å². The maximum atomic E-state index is 13.7. The number of benzene rings is 2. The molecule has 0 aliphatic rings. The van der Waals surface area contributed by atoms with Crippen molar-refractivity contribution in [1.29, 1.82) is 0 Å². The van der Waals surface area contributed by atoms with E-state index in [0.29, 0.717) is 11.3 Å². The highest BCUT2D eigenvalue weighted by atomic mass is 32.1. The largest absolute Gasteiger partial charge is 0.336 e. The fourth-order valence-corrected chi connectivity index (χ4v) is 3.77. The number of carbonyl (C=O) groups excluding carboxylic acids is 1. The molecule has 0 radical (unpaired) electrons. The lowest BCUT2D eigenvalue weighted by atomic mass is 10.2. The molecule has 28 heavy (non-hydrogen) atoms. The summed E-state index contributed by atoms with van der Waals surface area (Å²) in [6, 6.07) is 18.5. The molecule has 4 rings (SSSR count). The van der Waals surface area contributed by atoms with Crippen LogP contribution in [-0.4, -0.2) is 15.5 Å². The molecule has 4 aromatic rings. The van der Waals surface area contributed by atoms with E-state index in [-0.39, 0.29) is 18.3 Å². The fraction of sp³-hybridized carbons (Fsp3) is 0.0909. The monoisotopic (exact) mass is 391 g/mol. The van der Waals surface area contributed by atoms with Crippen LogP contribution >= 0.6 is 11.3 Å². The molecular weight excluding hydrogens is 373 g/mol. The molecule has 0 saturated carbocycles. The van der Waals surface area contributed by atoms with E-state index in [2.05, 4.69) is 5.32 Å². The van der Waals surface area contributed by atoms with Crippen LogP contribution in [-0.2, 0) is 11.3 Å². The van der Waals surface area contributed by atoms with Gasteiger partial charge in [0.15, 0.2) is 0 Å². The number of thiazole rings is 1.